The number of alkyl halides is 1. The third-order valence-electron chi connectivity index (χ3n) is 2.13. The van der Waals surface area contributed by atoms with Gasteiger partial charge < -0.3 is 10.1 Å². The molecule has 4 nitrogen and oxygen atoms in total. The molecule has 2 atom stereocenters. The Morgan fingerprint density at radius 3 is 2.93 bits per heavy atom. The Hall–Kier alpha value is 0.0200. The van der Waals surface area contributed by atoms with Crippen molar-refractivity contribution in [2.24, 2.45) is 0 Å². The number of hydrogen-bond acceptors (Lipinski definition) is 4. The zero-order valence-corrected chi connectivity index (χ0v) is 11.5. The van der Waals surface area contributed by atoms with Crippen LogP contribution in [0.15, 0.2) is 0 Å². The Kier molecular flexibility index (Phi) is 5.73. The molecule has 0 radical (unpaired) electrons. The van der Waals surface area contributed by atoms with Crippen molar-refractivity contribution in [3.8, 4) is 0 Å². The van der Waals surface area contributed by atoms with Gasteiger partial charge in [0, 0.05) is 6.54 Å². The molecule has 1 fully saturated rings. The number of halogens is 1. The molecule has 1 heterocycles. The number of esters is 1. The fourth-order valence-corrected chi connectivity index (χ4v) is 2.96. The summed E-state index contributed by atoms with van der Waals surface area (Å²) in [6.07, 6.45) is 2.05. The molecule has 0 bridgehead atoms. The summed E-state index contributed by atoms with van der Waals surface area (Å²) in [7, 11) is 1.35. The Morgan fingerprint density at radius 2 is 2.40 bits per heavy atom. The van der Waals surface area contributed by atoms with Gasteiger partial charge in [0.1, 0.15) is 3.92 Å². The molecule has 0 aromatic heterocycles. The summed E-state index contributed by atoms with van der Waals surface area (Å²) in [6, 6.07) is 0. The number of amides is 1. The lowest BCUT2D eigenvalue weighted by Crippen LogP contribution is -2.37. The van der Waals surface area contributed by atoms with Gasteiger partial charge in [-0.25, -0.2) is 0 Å². The van der Waals surface area contributed by atoms with Gasteiger partial charge in [0.2, 0.25) is 5.91 Å². The van der Waals surface area contributed by atoms with E-state index < -0.39 is 0 Å². The second-order valence-corrected chi connectivity index (χ2v) is 6.05. The van der Waals surface area contributed by atoms with E-state index in [-0.39, 0.29) is 21.1 Å². The maximum atomic E-state index is 11.6. The van der Waals surface area contributed by atoms with Crippen molar-refractivity contribution in [1.82, 2.24) is 5.32 Å². The van der Waals surface area contributed by atoms with Crippen LogP contribution in [0.5, 0.6) is 0 Å². The summed E-state index contributed by atoms with van der Waals surface area (Å²) in [5.74, 6) is 0.806. The highest BCUT2D eigenvalue weighted by Gasteiger charge is 2.24. The summed E-state index contributed by atoms with van der Waals surface area (Å²) in [6.45, 7) is 0.350. The molecule has 1 amide bonds. The van der Waals surface area contributed by atoms with Gasteiger partial charge in [0.15, 0.2) is 0 Å². The van der Waals surface area contributed by atoms with E-state index in [4.69, 9.17) is 0 Å². The third-order valence-corrected chi connectivity index (χ3v) is 4.46. The maximum Gasteiger partial charge on any atom is 0.320 e. The Labute approximate surface area is 107 Å². The number of carbonyl (C=O) groups is 2. The molecule has 2 unspecified atom stereocenters. The summed E-state index contributed by atoms with van der Waals surface area (Å²) < 4.78 is 4.26. The predicted molar refractivity (Wildman–Crippen MR) is 68.3 cm³/mol. The van der Waals surface area contributed by atoms with Crippen molar-refractivity contribution >= 4 is 46.2 Å². The highest BCUT2D eigenvalue weighted by atomic mass is 127. The zero-order valence-electron chi connectivity index (χ0n) is 8.49. The molecule has 15 heavy (non-hydrogen) atoms. The van der Waals surface area contributed by atoms with Crippen LogP contribution in [0, 0.1) is 0 Å². The second kappa shape index (κ2) is 6.57. The van der Waals surface area contributed by atoms with Crippen LogP contribution in [0.1, 0.15) is 12.8 Å². The summed E-state index contributed by atoms with van der Waals surface area (Å²) in [5.41, 5.74) is 0. The van der Waals surface area contributed by atoms with Gasteiger partial charge in [0.05, 0.1) is 12.4 Å². The van der Waals surface area contributed by atoms with Gasteiger partial charge in [-0.1, -0.05) is 22.6 Å². The molecule has 1 aliphatic heterocycles. The SMILES string of the molecule is COC(=O)C(I)CNC(=O)C1CCCS1. The topological polar surface area (TPSA) is 55.4 Å². The summed E-state index contributed by atoms with van der Waals surface area (Å²) >= 11 is 3.65. The molecule has 0 aromatic carbocycles. The molecule has 0 aliphatic carbocycles. The van der Waals surface area contributed by atoms with Crippen molar-refractivity contribution in [1.29, 1.82) is 0 Å². The van der Waals surface area contributed by atoms with Crippen molar-refractivity contribution in [3.63, 3.8) is 0 Å². The molecular formula is C9H14INO3S. The van der Waals surface area contributed by atoms with Gasteiger partial charge in [0.25, 0.3) is 0 Å². The van der Waals surface area contributed by atoms with Crippen molar-refractivity contribution in [2.75, 3.05) is 19.4 Å². The molecule has 6 heteroatoms. The number of hydrogen-bond donors (Lipinski definition) is 1. The standard InChI is InChI=1S/C9H14INO3S/c1-14-9(13)6(10)5-11-8(12)7-3-2-4-15-7/h6-7H,2-5H2,1H3,(H,11,12). The maximum absolute atomic E-state index is 11.6. The minimum absolute atomic E-state index is 0.0445. The first kappa shape index (κ1) is 13.1. The van der Waals surface area contributed by atoms with E-state index in [0.29, 0.717) is 6.54 Å². The molecule has 0 spiro atoms. The fourth-order valence-electron chi connectivity index (χ4n) is 1.30. The minimum Gasteiger partial charge on any atom is -0.468 e. The normalized spacial score (nSPS) is 22.1. The van der Waals surface area contributed by atoms with Gasteiger partial charge in [-0.3, -0.25) is 9.59 Å². The number of ether oxygens (including phenoxy) is 1. The highest BCUT2D eigenvalue weighted by Crippen LogP contribution is 2.25. The van der Waals surface area contributed by atoms with Crippen LogP contribution in [0.3, 0.4) is 0 Å². The minimum atomic E-state index is -0.303. The van der Waals surface area contributed by atoms with Crippen LogP contribution in [-0.4, -0.2) is 40.5 Å². The zero-order chi connectivity index (χ0) is 11.3. The van der Waals surface area contributed by atoms with E-state index in [2.05, 4.69) is 10.1 Å². The Balaban J connectivity index is 2.24. The van der Waals surface area contributed by atoms with E-state index in [9.17, 15) is 9.59 Å². The van der Waals surface area contributed by atoms with Crippen LogP contribution in [0.4, 0.5) is 0 Å². The van der Waals surface area contributed by atoms with Crippen LogP contribution < -0.4 is 5.32 Å². The molecule has 0 saturated carbocycles. The first-order chi connectivity index (χ1) is 7.15. The van der Waals surface area contributed by atoms with Crippen LogP contribution in [-0.2, 0) is 14.3 Å². The van der Waals surface area contributed by atoms with Crippen LogP contribution >= 0.6 is 34.4 Å². The molecular weight excluding hydrogens is 329 g/mol. The average molecular weight is 343 g/mol. The van der Waals surface area contributed by atoms with E-state index in [1.54, 1.807) is 11.8 Å². The number of carbonyl (C=O) groups excluding carboxylic acids is 2. The van der Waals surface area contributed by atoms with E-state index in [1.807, 2.05) is 22.6 Å². The Bertz CT molecular complexity index is 244. The second-order valence-electron chi connectivity index (χ2n) is 3.24. The molecule has 86 valence electrons. The highest BCUT2D eigenvalue weighted by molar-refractivity contribution is 14.1. The average Bonchev–Trinajstić information content (AvgIpc) is 2.77. The third kappa shape index (κ3) is 4.18. The van der Waals surface area contributed by atoms with Crippen molar-refractivity contribution in [3.05, 3.63) is 0 Å². The largest absolute Gasteiger partial charge is 0.468 e. The lowest BCUT2D eigenvalue weighted by Gasteiger charge is -2.12. The number of rotatable bonds is 4. The lowest BCUT2D eigenvalue weighted by atomic mass is 10.2. The van der Waals surface area contributed by atoms with Gasteiger partial charge in [-0.15, -0.1) is 11.8 Å². The van der Waals surface area contributed by atoms with Gasteiger partial charge >= 0.3 is 5.97 Å². The fraction of sp³-hybridized carbons (Fsp3) is 0.778. The molecule has 1 saturated heterocycles. The van der Waals surface area contributed by atoms with Crippen LogP contribution in [0.25, 0.3) is 0 Å². The number of methoxy groups -OCH3 is 1. The molecule has 1 rings (SSSR count). The Morgan fingerprint density at radius 1 is 1.67 bits per heavy atom. The monoisotopic (exact) mass is 343 g/mol. The number of thioether (sulfide) groups is 1. The predicted octanol–water partition coefficient (Wildman–Crippen LogP) is 0.975. The molecule has 1 N–H and O–H groups in total. The lowest BCUT2D eigenvalue weighted by molar-refractivity contribution is -0.139. The first-order valence-electron chi connectivity index (χ1n) is 4.76. The smallest absolute Gasteiger partial charge is 0.320 e. The van der Waals surface area contributed by atoms with E-state index in [1.165, 1.54) is 7.11 Å². The van der Waals surface area contributed by atoms with Gasteiger partial charge in [-0.2, -0.15) is 0 Å². The van der Waals surface area contributed by atoms with E-state index in [0.717, 1.165) is 18.6 Å². The quantitative estimate of drug-likeness (QED) is 0.470. The summed E-state index contributed by atoms with van der Waals surface area (Å²) in [5, 5.41) is 2.85. The van der Waals surface area contributed by atoms with Crippen molar-refractivity contribution < 1.29 is 14.3 Å². The summed E-state index contributed by atoms with van der Waals surface area (Å²) in [4.78, 5) is 22.6. The van der Waals surface area contributed by atoms with Crippen molar-refractivity contribution in [2.45, 2.75) is 22.0 Å². The van der Waals surface area contributed by atoms with E-state index >= 15 is 0 Å². The molecule has 0 aromatic rings. The number of nitrogens with one attached hydrogen (secondary N) is 1. The first-order valence-corrected chi connectivity index (χ1v) is 7.06. The van der Waals surface area contributed by atoms with Crippen LogP contribution in [0.2, 0.25) is 0 Å². The molecule has 1 aliphatic rings. The van der Waals surface area contributed by atoms with Gasteiger partial charge in [-0.05, 0) is 18.6 Å².